The SMILES string of the molecule is CNc1ncc(F)c(N2CCCC(CO)C2)n1. The first-order valence-corrected chi connectivity index (χ1v) is 5.80. The van der Waals surface area contributed by atoms with Gasteiger partial charge < -0.3 is 15.3 Å². The summed E-state index contributed by atoms with van der Waals surface area (Å²) >= 11 is 0. The number of nitrogens with zero attached hydrogens (tertiary/aromatic N) is 3. The summed E-state index contributed by atoms with van der Waals surface area (Å²) in [6.45, 7) is 1.56. The highest BCUT2D eigenvalue weighted by Crippen LogP contribution is 2.24. The lowest BCUT2D eigenvalue weighted by atomic mass is 9.99. The zero-order chi connectivity index (χ0) is 12.3. The van der Waals surface area contributed by atoms with Crippen molar-refractivity contribution in [3.05, 3.63) is 12.0 Å². The van der Waals surface area contributed by atoms with E-state index in [4.69, 9.17) is 5.11 Å². The molecule has 2 heterocycles. The van der Waals surface area contributed by atoms with Gasteiger partial charge in [0.05, 0.1) is 6.20 Å². The lowest BCUT2D eigenvalue weighted by Crippen LogP contribution is -2.38. The third-order valence-electron chi connectivity index (χ3n) is 3.03. The molecule has 1 aromatic heterocycles. The third-order valence-corrected chi connectivity index (χ3v) is 3.03. The van der Waals surface area contributed by atoms with Gasteiger partial charge in [-0.3, -0.25) is 0 Å². The van der Waals surface area contributed by atoms with E-state index in [0.717, 1.165) is 19.4 Å². The molecule has 0 aliphatic carbocycles. The van der Waals surface area contributed by atoms with Crippen LogP contribution in [0.25, 0.3) is 0 Å². The fourth-order valence-corrected chi connectivity index (χ4v) is 2.11. The van der Waals surface area contributed by atoms with Crippen molar-refractivity contribution >= 4 is 11.8 Å². The third kappa shape index (κ3) is 2.63. The Bertz CT molecular complexity index is 388. The number of aromatic nitrogens is 2. The Kier molecular flexibility index (Phi) is 3.73. The van der Waals surface area contributed by atoms with Crippen molar-refractivity contribution < 1.29 is 9.50 Å². The summed E-state index contributed by atoms with van der Waals surface area (Å²) in [5.41, 5.74) is 0. The van der Waals surface area contributed by atoms with Gasteiger partial charge in [-0.2, -0.15) is 4.98 Å². The van der Waals surface area contributed by atoms with Gasteiger partial charge in [0, 0.05) is 26.7 Å². The normalized spacial score (nSPS) is 20.4. The standard InChI is InChI=1S/C11H17FN4O/c1-13-11-14-5-9(12)10(15-11)16-4-2-3-8(6-16)7-17/h5,8,17H,2-4,6-7H2,1H3,(H,13,14,15). The van der Waals surface area contributed by atoms with Gasteiger partial charge in [0.1, 0.15) is 0 Å². The van der Waals surface area contributed by atoms with Crippen LogP contribution in [-0.4, -0.2) is 41.8 Å². The quantitative estimate of drug-likeness (QED) is 0.820. The maximum atomic E-state index is 13.7. The van der Waals surface area contributed by atoms with Crippen LogP contribution < -0.4 is 10.2 Å². The van der Waals surface area contributed by atoms with E-state index in [2.05, 4.69) is 15.3 Å². The number of aliphatic hydroxyl groups is 1. The van der Waals surface area contributed by atoms with Crippen LogP contribution in [-0.2, 0) is 0 Å². The number of piperidine rings is 1. The van der Waals surface area contributed by atoms with Crippen LogP contribution in [0, 0.1) is 11.7 Å². The van der Waals surface area contributed by atoms with Crippen molar-refractivity contribution in [1.29, 1.82) is 0 Å². The van der Waals surface area contributed by atoms with Crippen LogP contribution in [0.3, 0.4) is 0 Å². The lowest BCUT2D eigenvalue weighted by Gasteiger charge is -2.32. The summed E-state index contributed by atoms with van der Waals surface area (Å²) in [6, 6.07) is 0. The lowest BCUT2D eigenvalue weighted by molar-refractivity contribution is 0.208. The molecule has 0 spiro atoms. The molecule has 1 aliphatic rings. The van der Waals surface area contributed by atoms with Gasteiger partial charge in [-0.05, 0) is 18.8 Å². The zero-order valence-electron chi connectivity index (χ0n) is 9.86. The van der Waals surface area contributed by atoms with E-state index in [-0.39, 0.29) is 12.5 Å². The number of rotatable bonds is 3. The Hall–Kier alpha value is -1.43. The second-order valence-electron chi connectivity index (χ2n) is 4.25. The number of hydrogen-bond acceptors (Lipinski definition) is 5. The molecule has 1 aromatic rings. The molecule has 1 atom stereocenters. The van der Waals surface area contributed by atoms with E-state index < -0.39 is 5.82 Å². The minimum Gasteiger partial charge on any atom is -0.396 e. The van der Waals surface area contributed by atoms with E-state index in [0.29, 0.717) is 18.3 Å². The predicted molar refractivity (Wildman–Crippen MR) is 63.6 cm³/mol. The Morgan fingerprint density at radius 3 is 3.18 bits per heavy atom. The van der Waals surface area contributed by atoms with Gasteiger partial charge in [0.15, 0.2) is 11.6 Å². The molecular weight excluding hydrogens is 223 g/mol. The highest BCUT2D eigenvalue weighted by molar-refractivity contribution is 5.44. The Labute approximate surface area is 99.7 Å². The smallest absolute Gasteiger partial charge is 0.224 e. The molecule has 94 valence electrons. The van der Waals surface area contributed by atoms with Crippen molar-refractivity contribution in [2.75, 3.05) is 37.0 Å². The molecule has 2 N–H and O–H groups in total. The Morgan fingerprint density at radius 1 is 1.65 bits per heavy atom. The van der Waals surface area contributed by atoms with Crippen molar-refractivity contribution in [3.8, 4) is 0 Å². The van der Waals surface area contributed by atoms with Crippen molar-refractivity contribution in [2.24, 2.45) is 5.92 Å². The van der Waals surface area contributed by atoms with Gasteiger partial charge in [-0.1, -0.05) is 0 Å². The largest absolute Gasteiger partial charge is 0.396 e. The second-order valence-corrected chi connectivity index (χ2v) is 4.25. The minimum absolute atomic E-state index is 0.141. The highest BCUT2D eigenvalue weighted by Gasteiger charge is 2.23. The van der Waals surface area contributed by atoms with Crippen molar-refractivity contribution in [3.63, 3.8) is 0 Å². The van der Waals surface area contributed by atoms with E-state index in [9.17, 15) is 4.39 Å². The van der Waals surface area contributed by atoms with Gasteiger partial charge >= 0.3 is 0 Å². The monoisotopic (exact) mass is 240 g/mol. The van der Waals surface area contributed by atoms with Gasteiger partial charge in [0.25, 0.3) is 0 Å². The van der Waals surface area contributed by atoms with Crippen molar-refractivity contribution in [2.45, 2.75) is 12.8 Å². The van der Waals surface area contributed by atoms with Crippen molar-refractivity contribution in [1.82, 2.24) is 9.97 Å². The molecule has 5 nitrogen and oxygen atoms in total. The average molecular weight is 240 g/mol. The summed E-state index contributed by atoms with van der Waals surface area (Å²) in [5, 5.41) is 12.0. The molecular formula is C11H17FN4O. The topological polar surface area (TPSA) is 61.3 Å². The summed E-state index contributed by atoms with van der Waals surface area (Å²) in [7, 11) is 1.70. The molecule has 0 radical (unpaired) electrons. The van der Waals surface area contributed by atoms with E-state index >= 15 is 0 Å². The molecule has 17 heavy (non-hydrogen) atoms. The molecule has 1 unspecified atom stereocenters. The van der Waals surface area contributed by atoms with E-state index in [1.165, 1.54) is 6.20 Å². The Balaban J connectivity index is 2.20. The van der Waals surface area contributed by atoms with Crippen LogP contribution >= 0.6 is 0 Å². The number of hydrogen-bond donors (Lipinski definition) is 2. The first kappa shape index (κ1) is 12.0. The maximum Gasteiger partial charge on any atom is 0.224 e. The molecule has 0 bridgehead atoms. The van der Waals surface area contributed by atoms with Crippen LogP contribution in [0.1, 0.15) is 12.8 Å². The van der Waals surface area contributed by atoms with E-state index in [1.54, 1.807) is 7.05 Å². The first-order valence-electron chi connectivity index (χ1n) is 5.80. The molecule has 1 fully saturated rings. The maximum absolute atomic E-state index is 13.7. The summed E-state index contributed by atoms with van der Waals surface area (Å²) in [4.78, 5) is 9.83. The van der Waals surface area contributed by atoms with Crippen LogP contribution in [0.5, 0.6) is 0 Å². The van der Waals surface area contributed by atoms with Gasteiger partial charge in [0.2, 0.25) is 5.95 Å². The molecule has 2 rings (SSSR count). The summed E-state index contributed by atoms with van der Waals surface area (Å²) < 4.78 is 13.7. The molecule has 0 aromatic carbocycles. The summed E-state index contributed by atoms with van der Waals surface area (Å²) in [5.74, 6) is 0.522. The fourth-order valence-electron chi connectivity index (χ4n) is 2.11. The Morgan fingerprint density at radius 2 is 2.47 bits per heavy atom. The highest BCUT2D eigenvalue weighted by atomic mass is 19.1. The molecule has 6 heteroatoms. The molecule has 1 saturated heterocycles. The second kappa shape index (κ2) is 5.27. The number of anilines is 2. The number of aliphatic hydroxyl groups excluding tert-OH is 1. The molecule has 1 aliphatic heterocycles. The average Bonchev–Trinajstić information content (AvgIpc) is 2.39. The predicted octanol–water partition coefficient (Wildman–Crippen LogP) is 0.866. The fraction of sp³-hybridized carbons (Fsp3) is 0.636. The molecule has 0 amide bonds. The van der Waals surface area contributed by atoms with Gasteiger partial charge in [-0.15, -0.1) is 0 Å². The molecule has 0 saturated carbocycles. The first-order chi connectivity index (χ1) is 8.24. The minimum atomic E-state index is -0.414. The number of nitrogens with one attached hydrogen (secondary N) is 1. The van der Waals surface area contributed by atoms with Gasteiger partial charge in [-0.25, -0.2) is 9.37 Å². The number of halogens is 1. The van der Waals surface area contributed by atoms with E-state index in [1.807, 2.05) is 4.90 Å². The zero-order valence-corrected chi connectivity index (χ0v) is 9.86. The van der Waals surface area contributed by atoms with Crippen LogP contribution in [0.15, 0.2) is 6.20 Å². The van der Waals surface area contributed by atoms with Crippen LogP contribution in [0.2, 0.25) is 0 Å². The summed E-state index contributed by atoms with van der Waals surface area (Å²) in [6.07, 6.45) is 3.11. The van der Waals surface area contributed by atoms with Crippen LogP contribution in [0.4, 0.5) is 16.2 Å².